The molecule has 0 bridgehead atoms. The first kappa shape index (κ1) is 9.57. The third-order valence-corrected chi connectivity index (χ3v) is 1.59. The summed E-state index contributed by atoms with van der Waals surface area (Å²) < 4.78 is 1.69. The van der Waals surface area contributed by atoms with Crippen LogP contribution in [-0.4, -0.2) is 22.2 Å². The topological polar surface area (TPSA) is 58.9 Å². The van der Waals surface area contributed by atoms with Crippen molar-refractivity contribution in [1.29, 1.82) is 0 Å². The number of carbonyl (C=O) groups excluding carboxylic acids is 1. The van der Waals surface area contributed by atoms with Gasteiger partial charge in [-0.2, -0.15) is 5.10 Å². The number of anilines is 2. The molecule has 0 aliphatic heterocycles. The Balaban J connectivity index is 2.86. The minimum atomic E-state index is -0.0906. The van der Waals surface area contributed by atoms with E-state index in [0.717, 1.165) is 18.1 Å². The molecule has 1 aromatic heterocycles. The third-order valence-electron chi connectivity index (χ3n) is 1.59. The molecule has 1 amide bonds. The molecule has 0 atom stereocenters. The summed E-state index contributed by atoms with van der Waals surface area (Å²) in [7, 11) is 1.82. The third kappa shape index (κ3) is 2.21. The summed E-state index contributed by atoms with van der Waals surface area (Å²) >= 11 is 0. The highest BCUT2D eigenvalue weighted by molar-refractivity contribution is 5.91. The number of carbonyl (C=O) groups is 1. The lowest BCUT2D eigenvalue weighted by atomic mass is 10.4. The normalized spacial score (nSPS) is 9.77. The van der Waals surface area contributed by atoms with Crippen molar-refractivity contribution in [2.45, 2.75) is 13.8 Å². The molecule has 0 aliphatic carbocycles. The molecular weight excluding hydrogens is 168 g/mol. The molecule has 1 heterocycles. The van der Waals surface area contributed by atoms with Crippen molar-refractivity contribution in [3.8, 4) is 0 Å². The fraction of sp³-hybridized carbons (Fsp3) is 0.500. The van der Waals surface area contributed by atoms with Crippen LogP contribution in [0.2, 0.25) is 0 Å². The van der Waals surface area contributed by atoms with Crippen molar-refractivity contribution in [3.63, 3.8) is 0 Å². The summed E-state index contributed by atoms with van der Waals surface area (Å²) in [5, 5.41) is 9.84. The molecule has 13 heavy (non-hydrogen) atoms. The lowest BCUT2D eigenvalue weighted by molar-refractivity contribution is -0.114. The standard InChI is InChI=1S/C8H14N4O/c1-4-9-8-7(11-6(2)13)5-10-12(8)3/h5,9H,4H2,1-3H3,(H,11,13). The number of aromatic nitrogens is 2. The molecule has 0 aliphatic rings. The summed E-state index contributed by atoms with van der Waals surface area (Å²) in [6.07, 6.45) is 1.62. The fourth-order valence-electron chi connectivity index (χ4n) is 1.10. The maximum atomic E-state index is 10.8. The van der Waals surface area contributed by atoms with Gasteiger partial charge >= 0.3 is 0 Å². The van der Waals surface area contributed by atoms with Crippen molar-refractivity contribution < 1.29 is 4.79 Å². The molecule has 0 radical (unpaired) electrons. The van der Waals surface area contributed by atoms with Crippen LogP contribution >= 0.6 is 0 Å². The number of hydrogen-bond acceptors (Lipinski definition) is 3. The van der Waals surface area contributed by atoms with Crippen molar-refractivity contribution in [2.75, 3.05) is 17.2 Å². The number of nitrogens with one attached hydrogen (secondary N) is 2. The number of aryl methyl sites for hydroxylation is 1. The Bertz CT molecular complexity index is 305. The van der Waals surface area contributed by atoms with Gasteiger partial charge in [0.05, 0.1) is 6.20 Å². The quantitative estimate of drug-likeness (QED) is 0.727. The first-order valence-electron chi connectivity index (χ1n) is 4.18. The lowest BCUT2D eigenvalue weighted by Crippen LogP contribution is -2.10. The van der Waals surface area contributed by atoms with Gasteiger partial charge in [-0.1, -0.05) is 0 Å². The average molecular weight is 182 g/mol. The molecule has 5 nitrogen and oxygen atoms in total. The molecule has 0 saturated carbocycles. The van der Waals surface area contributed by atoms with Gasteiger partial charge in [0.2, 0.25) is 5.91 Å². The molecule has 0 fully saturated rings. The second-order valence-corrected chi connectivity index (χ2v) is 2.74. The van der Waals surface area contributed by atoms with Crippen LogP contribution in [0, 0.1) is 0 Å². The molecule has 0 spiro atoms. The predicted molar refractivity (Wildman–Crippen MR) is 51.7 cm³/mol. The Morgan fingerprint density at radius 1 is 1.69 bits per heavy atom. The van der Waals surface area contributed by atoms with Crippen LogP contribution in [0.1, 0.15) is 13.8 Å². The molecular formula is C8H14N4O. The van der Waals surface area contributed by atoms with Gasteiger partial charge in [-0.3, -0.25) is 9.48 Å². The van der Waals surface area contributed by atoms with E-state index < -0.39 is 0 Å². The van der Waals surface area contributed by atoms with Gasteiger partial charge in [-0.15, -0.1) is 0 Å². The number of rotatable bonds is 3. The summed E-state index contributed by atoms with van der Waals surface area (Å²) in [4.78, 5) is 10.8. The van der Waals surface area contributed by atoms with E-state index in [1.54, 1.807) is 10.9 Å². The molecule has 1 rings (SSSR count). The van der Waals surface area contributed by atoms with Gasteiger partial charge in [0.15, 0.2) is 0 Å². The summed E-state index contributed by atoms with van der Waals surface area (Å²) in [5.74, 6) is 0.741. The maximum absolute atomic E-state index is 10.8. The first-order valence-corrected chi connectivity index (χ1v) is 4.18. The van der Waals surface area contributed by atoms with E-state index >= 15 is 0 Å². The Hall–Kier alpha value is -1.52. The monoisotopic (exact) mass is 182 g/mol. The van der Waals surface area contributed by atoms with Crippen LogP contribution in [0.25, 0.3) is 0 Å². The van der Waals surface area contributed by atoms with Gasteiger partial charge < -0.3 is 10.6 Å². The molecule has 2 N–H and O–H groups in total. The number of hydrogen-bond donors (Lipinski definition) is 2. The Morgan fingerprint density at radius 3 is 2.92 bits per heavy atom. The zero-order valence-electron chi connectivity index (χ0n) is 8.09. The highest BCUT2D eigenvalue weighted by Gasteiger charge is 2.07. The number of nitrogens with zero attached hydrogens (tertiary/aromatic N) is 2. The lowest BCUT2D eigenvalue weighted by Gasteiger charge is -2.06. The second kappa shape index (κ2) is 3.93. The van der Waals surface area contributed by atoms with Crippen LogP contribution in [0.3, 0.4) is 0 Å². The van der Waals surface area contributed by atoms with Crippen LogP contribution in [-0.2, 0) is 11.8 Å². The maximum Gasteiger partial charge on any atom is 0.221 e. The minimum Gasteiger partial charge on any atom is -0.369 e. The van der Waals surface area contributed by atoms with Crippen molar-refractivity contribution in [1.82, 2.24) is 9.78 Å². The minimum absolute atomic E-state index is 0.0906. The van der Waals surface area contributed by atoms with Crippen molar-refractivity contribution in [3.05, 3.63) is 6.20 Å². The van der Waals surface area contributed by atoms with E-state index in [-0.39, 0.29) is 5.91 Å². The van der Waals surface area contributed by atoms with E-state index in [0.29, 0.717) is 0 Å². The second-order valence-electron chi connectivity index (χ2n) is 2.74. The Kier molecular flexibility index (Phi) is 2.89. The summed E-state index contributed by atoms with van der Waals surface area (Å²) in [6.45, 7) is 4.26. The van der Waals surface area contributed by atoms with Gasteiger partial charge in [-0.05, 0) is 6.92 Å². The molecule has 1 aromatic rings. The van der Waals surface area contributed by atoms with Gasteiger partial charge in [-0.25, -0.2) is 0 Å². The molecule has 0 saturated heterocycles. The van der Waals surface area contributed by atoms with Crippen LogP contribution in [0.15, 0.2) is 6.20 Å². The molecule has 5 heteroatoms. The van der Waals surface area contributed by atoms with Crippen molar-refractivity contribution in [2.24, 2.45) is 7.05 Å². The molecule has 0 unspecified atom stereocenters. The van der Waals surface area contributed by atoms with Gasteiger partial charge in [0.1, 0.15) is 11.5 Å². The smallest absolute Gasteiger partial charge is 0.221 e. The zero-order chi connectivity index (χ0) is 9.84. The van der Waals surface area contributed by atoms with E-state index in [1.165, 1.54) is 6.92 Å². The first-order chi connectivity index (χ1) is 6.15. The molecule has 72 valence electrons. The van der Waals surface area contributed by atoms with Crippen LogP contribution in [0.5, 0.6) is 0 Å². The van der Waals surface area contributed by atoms with E-state index in [2.05, 4.69) is 15.7 Å². The summed E-state index contributed by atoms with van der Waals surface area (Å²) in [5.41, 5.74) is 0.719. The predicted octanol–water partition coefficient (Wildman–Crippen LogP) is 0.810. The highest BCUT2D eigenvalue weighted by atomic mass is 16.1. The van der Waals surface area contributed by atoms with Crippen LogP contribution < -0.4 is 10.6 Å². The van der Waals surface area contributed by atoms with Crippen molar-refractivity contribution >= 4 is 17.4 Å². The van der Waals surface area contributed by atoms with Crippen LogP contribution in [0.4, 0.5) is 11.5 Å². The summed E-state index contributed by atoms with van der Waals surface area (Å²) in [6, 6.07) is 0. The zero-order valence-corrected chi connectivity index (χ0v) is 8.09. The largest absolute Gasteiger partial charge is 0.369 e. The average Bonchev–Trinajstić information content (AvgIpc) is 2.35. The Labute approximate surface area is 77.1 Å². The highest BCUT2D eigenvalue weighted by Crippen LogP contribution is 2.19. The van der Waals surface area contributed by atoms with E-state index in [4.69, 9.17) is 0 Å². The van der Waals surface area contributed by atoms with Gasteiger partial charge in [0, 0.05) is 20.5 Å². The van der Waals surface area contributed by atoms with E-state index in [9.17, 15) is 4.79 Å². The SMILES string of the molecule is CCNc1c(NC(C)=O)cnn1C. The van der Waals surface area contributed by atoms with E-state index in [1.807, 2.05) is 14.0 Å². The molecule has 0 aromatic carbocycles. The Morgan fingerprint density at radius 2 is 2.38 bits per heavy atom. The number of amides is 1. The van der Waals surface area contributed by atoms with Gasteiger partial charge in [0.25, 0.3) is 0 Å². The fourth-order valence-corrected chi connectivity index (χ4v) is 1.10.